The minimum atomic E-state index is -5.56. The highest BCUT2D eigenvalue weighted by Crippen LogP contribution is 2.32. The average molecular weight is 530 g/mol. The highest BCUT2D eigenvalue weighted by molar-refractivity contribution is 7.93. The van der Waals surface area contributed by atoms with Crippen LogP contribution in [0.3, 0.4) is 0 Å². The quantitative estimate of drug-likeness (QED) is 0.303. The number of anilines is 1. The summed E-state index contributed by atoms with van der Waals surface area (Å²) >= 11 is 0. The number of halogens is 3. The summed E-state index contributed by atoms with van der Waals surface area (Å²) in [6, 6.07) is 18.4. The van der Waals surface area contributed by atoms with Crippen LogP contribution < -0.4 is 10.3 Å². The number of para-hydroxylation sites is 1. The Balaban J connectivity index is 1.68. The van der Waals surface area contributed by atoms with E-state index in [4.69, 9.17) is 4.98 Å². The molecule has 0 aliphatic carbocycles. The van der Waals surface area contributed by atoms with Crippen LogP contribution in [0.15, 0.2) is 71.5 Å². The Hall–Kier alpha value is -3.66. The SMILES string of the molecule is CCCCc1nc2ccc(C)cc2c(=O)n1Cc1ccc(-c2ccccc2NS(=O)(=O)C(F)(F)F)cc1. The van der Waals surface area contributed by atoms with E-state index in [0.29, 0.717) is 34.3 Å². The van der Waals surface area contributed by atoms with E-state index in [9.17, 15) is 26.4 Å². The molecule has 0 bridgehead atoms. The predicted octanol–water partition coefficient (Wildman–Crippen LogP) is 6.02. The topological polar surface area (TPSA) is 81.1 Å². The number of aryl methyl sites for hydroxylation is 2. The summed E-state index contributed by atoms with van der Waals surface area (Å²) in [7, 11) is -5.56. The van der Waals surface area contributed by atoms with Crippen LogP contribution in [0.25, 0.3) is 22.0 Å². The van der Waals surface area contributed by atoms with Crippen molar-refractivity contribution in [2.24, 2.45) is 0 Å². The number of nitrogens with one attached hydrogen (secondary N) is 1. The van der Waals surface area contributed by atoms with Crippen LogP contribution >= 0.6 is 0 Å². The number of unbranched alkanes of at least 4 members (excludes halogenated alkanes) is 1. The first-order valence-electron chi connectivity index (χ1n) is 11.8. The van der Waals surface area contributed by atoms with Crippen LogP contribution in [0.1, 0.15) is 36.7 Å². The molecule has 0 spiro atoms. The Morgan fingerprint density at radius 2 is 1.70 bits per heavy atom. The molecule has 0 saturated carbocycles. The Labute approximate surface area is 212 Å². The van der Waals surface area contributed by atoms with Crippen molar-refractivity contribution in [2.45, 2.75) is 45.2 Å². The number of benzene rings is 3. The first-order chi connectivity index (χ1) is 17.5. The molecular weight excluding hydrogens is 503 g/mol. The molecule has 194 valence electrons. The van der Waals surface area contributed by atoms with Crippen LogP contribution in [0.5, 0.6) is 0 Å². The van der Waals surface area contributed by atoms with Gasteiger partial charge in [0.2, 0.25) is 0 Å². The van der Waals surface area contributed by atoms with Gasteiger partial charge in [-0.05, 0) is 42.7 Å². The zero-order valence-electron chi connectivity index (χ0n) is 20.3. The molecule has 0 atom stereocenters. The third kappa shape index (κ3) is 5.69. The molecule has 37 heavy (non-hydrogen) atoms. The standard InChI is InChI=1S/C27H26F3N3O3S/c1-3-4-9-25-31-23-15-10-18(2)16-22(23)26(34)33(25)17-19-11-13-20(14-12-19)21-7-5-6-8-24(21)32-37(35,36)27(28,29)30/h5-8,10-16,32H,3-4,9,17H2,1-2H3. The number of fused-ring (bicyclic) bond motifs is 1. The molecule has 6 nitrogen and oxygen atoms in total. The summed E-state index contributed by atoms with van der Waals surface area (Å²) in [5.74, 6) is 0.694. The smallest absolute Gasteiger partial charge is 0.292 e. The molecule has 0 saturated heterocycles. The third-order valence-electron chi connectivity index (χ3n) is 6.02. The van der Waals surface area contributed by atoms with E-state index in [2.05, 4.69) is 6.92 Å². The molecule has 4 aromatic rings. The molecule has 10 heteroatoms. The summed E-state index contributed by atoms with van der Waals surface area (Å²) in [5, 5.41) is 0.544. The fourth-order valence-corrected chi connectivity index (χ4v) is 4.65. The second-order valence-electron chi connectivity index (χ2n) is 8.84. The van der Waals surface area contributed by atoms with Gasteiger partial charge in [0.1, 0.15) is 5.82 Å². The maximum atomic E-state index is 13.4. The first kappa shape index (κ1) is 26.4. The molecule has 0 amide bonds. The first-order valence-corrected chi connectivity index (χ1v) is 13.3. The van der Waals surface area contributed by atoms with E-state index in [1.807, 2.05) is 25.1 Å². The number of sulfonamides is 1. The fourth-order valence-electron chi connectivity index (χ4n) is 4.07. The van der Waals surface area contributed by atoms with E-state index < -0.39 is 15.5 Å². The van der Waals surface area contributed by atoms with Crippen molar-refractivity contribution >= 4 is 26.6 Å². The summed E-state index contributed by atoms with van der Waals surface area (Å²) in [6.45, 7) is 4.26. The van der Waals surface area contributed by atoms with Gasteiger partial charge in [0.15, 0.2) is 0 Å². The minimum Gasteiger partial charge on any atom is -0.292 e. The molecule has 3 aromatic carbocycles. The van der Waals surface area contributed by atoms with Crippen molar-refractivity contribution in [3.63, 3.8) is 0 Å². The largest absolute Gasteiger partial charge is 0.516 e. The van der Waals surface area contributed by atoms with Gasteiger partial charge >= 0.3 is 15.5 Å². The second-order valence-corrected chi connectivity index (χ2v) is 10.5. The van der Waals surface area contributed by atoms with Crippen LogP contribution in [0.2, 0.25) is 0 Å². The molecule has 1 heterocycles. The molecule has 0 unspecified atom stereocenters. The van der Waals surface area contributed by atoms with E-state index in [1.54, 1.807) is 39.6 Å². The Bertz CT molecular complexity index is 1600. The molecule has 0 aliphatic rings. The number of rotatable bonds is 8. The lowest BCUT2D eigenvalue weighted by Gasteiger charge is -2.16. The van der Waals surface area contributed by atoms with Crippen LogP contribution in [-0.4, -0.2) is 23.5 Å². The molecule has 1 N–H and O–H groups in total. The predicted molar refractivity (Wildman–Crippen MR) is 139 cm³/mol. The van der Waals surface area contributed by atoms with Gasteiger partial charge in [0.05, 0.1) is 23.1 Å². The van der Waals surface area contributed by atoms with Crippen LogP contribution in [0.4, 0.5) is 18.9 Å². The zero-order valence-corrected chi connectivity index (χ0v) is 21.2. The van der Waals surface area contributed by atoms with Gasteiger partial charge in [-0.2, -0.15) is 21.6 Å². The Morgan fingerprint density at radius 3 is 2.38 bits per heavy atom. The third-order valence-corrected chi connectivity index (χ3v) is 7.12. The molecule has 1 aromatic heterocycles. The lowest BCUT2D eigenvalue weighted by atomic mass is 10.0. The molecule has 0 fully saturated rings. The van der Waals surface area contributed by atoms with E-state index in [1.165, 1.54) is 18.2 Å². The highest BCUT2D eigenvalue weighted by atomic mass is 32.2. The average Bonchev–Trinajstić information content (AvgIpc) is 2.85. The fraction of sp³-hybridized carbons (Fsp3) is 0.259. The molecule has 0 aliphatic heterocycles. The summed E-state index contributed by atoms with van der Waals surface area (Å²) in [5.41, 5.74) is -2.50. The number of nitrogens with zero attached hydrogens (tertiary/aromatic N) is 2. The lowest BCUT2D eigenvalue weighted by molar-refractivity contribution is -0.0429. The van der Waals surface area contributed by atoms with Crippen molar-refractivity contribution < 1.29 is 21.6 Å². The molecule has 4 rings (SSSR count). The van der Waals surface area contributed by atoms with Gasteiger partial charge in [-0.15, -0.1) is 0 Å². The Kier molecular flexibility index (Phi) is 7.40. The number of hydrogen-bond acceptors (Lipinski definition) is 4. The molecule has 0 radical (unpaired) electrons. The number of aromatic nitrogens is 2. The van der Waals surface area contributed by atoms with E-state index >= 15 is 0 Å². The van der Waals surface area contributed by atoms with Crippen molar-refractivity contribution in [3.05, 3.63) is 94.0 Å². The second kappa shape index (κ2) is 10.4. The number of hydrogen-bond donors (Lipinski definition) is 1. The van der Waals surface area contributed by atoms with Crippen LogP contribution in [-0.2, 0) is 23.0 Å². The van der Waals surface area contributed by atoms with Crippen molar-refractivity contribution in [2.75, 3.05) is 4.72 Å². The van der Waals surface area contributed by atoms with Gasteiger partial charge in [-0.25, -0.2) is 4.98 Å². The Morgan fingerprint density at radius 1 is 1.00 bits per heavy atom. The van der Waals surface area contributed by atoms with Crippen LogP contribution in [0, 0.1) is 6.92 Å². The van der Waals surface area contributed by atoms with Gasteiger partial charge < -0.3 is 0 Å². The monoisotopic (exact) mass is 529 g/mol. The van der Waals surface area contributed by atoms with Crippen molar-refractivity contribution in [1.29, 1.82) is 0 Å². The lowest BCUT2D eigenvalue weighted by Crippen LogP contribution is -2.30. The van der Waals surface area contributed by atoms with Gasteiger partial charge in [-0.3, -0.25) is 14.1 Å². The van der Waals surface area contributed by atoms with Crippen molar-refractivity contribution in [1.82, 2.24) is 9.55 Å². The van der Waals surface area contributed by atoms with E-state index in [-0.39, 0.29) is 17.8 Å². The maximum absolute atomic E-state index is 13.4. The highest BCUT2D eigenvalue weighted by Gasteiger charge is 2.46. The van der Waals surface area contributed by atoms with Crippen molar-refractivity contribution in [3.8, 4) is 11.1 Å². The molecular formula is C27H26F3N3O3S. The summed E-state index contributed by atoms with van der Waals surface area (Å²) < 4.78 is 65.3. The van der Waals surface area contributed by atoms with Gasteiger partial charge in [0.25, 0.3) is 5.56 Å². The summed E-state index contributed by atoms with van der Waals surface area (Å²) in [6.07, 6.45) is 2.49. The minimum absolute atomic E-state index is 0.129. The zero-order chi connectivity index (χ0) is 26.8. The van der Waals surface area contributed by atoms with Gasteiger partial charge in [-0.1, -0.05) is 67.4 Å². The maximum Gasteiger partial charge on any atom is 0.516 e. The summed E-state index contributed by atoms with van der Waals surface area (Å²) in [4.78, 5) is 18.1. The number of alkyl halides is 3. The van der Waals surface area contributed by atoms with E-state index in [0.717, 1.165) is 24.0 Å². The van der Waals surface area contributed by atoms with Gasteiger partial charge in [0, 0.05) is 12.0 Å². The normalized spacial score (nSPS) is 12.1.